The number of sulfonamides is 1. The molecule has 0 bridgehead atoms. The number of aryl methyl sites for hydroxylation is 1. The zero-order chi connectivity index (χ0) is 22.7. The molecule has 0 radical (unpaired) electrons. The summed E-state index contributed by atoms with van der Waals surface area (Å²) >= 11 is 0. The summed E-state index contributed by atoms with van der Waals surface area (Å²) in [5, 5.41) is 0. The van der Waals surface area contributed by atoms with Gasteiger partial charge < -0.3 is 4.90 Å². The molecule has 1 unspecified atom stereocenters. The van der Waals surface area contributed by atoms with E-state index in [0.29, 0.717) is 30.6 Å². The molecule has 166 valence electrons. The Labute approximate surface area is 187 Å². The highest BCUT2D eigenvalue weighted by Crippen LogP contribution is 2.22. The Morgan fingerprint density at radius 3 is 2.59 bits per heavy atom. The SMILES string of the molecule is Cc1nc(-c2ccccc2)ccc1C(=O)N1CCCC(NS(=O)(=O)c2cccc(F)c2)C1. The van der Waals surface area contributed by atoms with Gasteiger partial charge >= 0.3 is 0 Å². The maximum atomic E-state index is 13.5. The number of hydrogen-bond acceptors (Lipinski definition) is 4. The minimum Gasteiger partial charge on any atom is -0.337 e. The molecule has 1 saturated heterocycles. The van der Waals surface area contributed by atoms with Gasteiger partial charge in [0.25, 0.3) is 5.91 Å². The predicted octanol–water partition coefficient (Wildman–Crippen LogP) is 3.78. The number of carbonyl (C=O) groups excluding carboxylic acids is 1. The Balaban J connectivity index is 1.48. The third-order valence-electron chi connectivity index (χ3n) is 5.52. The summed E-state index contributed by atoms with van der Waals surface area (Å²) in [4.78, 5) is 19.3. The first-order valence-corrected chi connectivity index (χ1v) is 11.9. The second-order valence-corrected chi connectivity index (χ2v) is 9.58. The van der Waals surface area contributed by atoms with Crippen molar-refractivity contribution in [2.75, 3.05) is 13.1 Å². The van der Waals surface area contributed by atoms with Gasteiger partial charge in [-0.15, -0.1) is 0 Å². The molecule has 1 N–H and O–H groups in total. The first kappa shape index (κ1) is 22.1. The fraction of sp³-hybridized carbons (Fsp3) is 0.250. The number of pyridine rings is 1. The lowest BCUT2D eigenvalue weighted by Crippen LogP contribution is -2.49. The fourth-order valence-electron chi connectivity index (χ4n) is 3.91. The van der Waals surface area contributed by atoms with Gasteiger partial charge in [0.05, 0.1) is 21.8 Å². The molecule has 32 heavy (non-hydrogen) atoms. The number of likely N-dealkylation sites (tertiary alicyclic amines) is 1. The standard InChI is InChI=1S/C24H24FN3O3S/c1-17-22(12-13-23(26-17)18-7-3-2-4-8-18)24(29)28-14-6-10-20(16-28)27-32(30,31)21-11-5-9-19(25)15-21/h2-5,7-9,11-13,15,20,27H,6,10,14,16H2,1H3. The lowest BCUT2D eigenvalue weighted by molar-refractivity contribution is 0.0702. The number of halogens is 1. The van der Waals surface area contributed by atoms with Crippen molar-refractivity contribution in [3.8, 4) is 11.3 Å². The summed E-state index contributed by atoms with van der Waals surface area (Å²) in [6, 6.07) is 17.8. The Kier molecular flexibility index (Phi) is 6.34. The molecule has 3 aromatic rings. The van der Waals surface area contributed by atoms with E-state index in [4.69, 9.17) is 0 Å². The van der Waals surface area contributed by atoms with Crippen molar-refractivity contribution in [3.05, 3.63) is 83.8 Å². The first-order chi connectivity index (χ1) is 15.3. The third kappa shape index (κ3) is 4.87. The van der Waals surface area contributed by atoms with Crippen LogP contribution in [0.3, 0.4) is 0 Å². The third-order valence-corrected chi connectivity index (χ3v) is 7.04. The van der Waals surface area contributed by atoms with Crippen molar-refractivity contribution in [1.82, 2.24) is 14.6 Å². The van der Waals surface area contributed by atoms with Crippen LogP contribution in [0.25, 0.3) is 11.3 Å². The van der Waals surface area contributed by atoms with Gasteiger partial charge in [-0.05, 0) is 50.1 Å². The highest BCUT2D eigenvalue weighted by Gasteiger charge is 2.29. The molecular formula is C24H24FN3O3S. The van der Waals surface area contributed by atoms with Crippen molar-refractivity contribution in [2.45, 2.75) is 30.7 Å². The molecule has 1 fully saturated rings. The Hall–Kier alpha value is -3.10. The van der Waals surface area contributed by atoms with E-state index in [1.165, 1.54) is 18.2 Å². The number of amides is 1. The Morgan fingerprint density at radius 2 is 1.88 bits per heavy atom. The molecule has 1 amide bonds. The topological polar surface area (TPSA) is 79.4 Å². The average molecular weight is 454 g/mol. The summed E-state index contributed by atoms with van der Waals surface area (Å²) in [5.41, 5.74) is 2.88. The van der Waals surface area contributed by atoms with Crippen molar-refractivity contribution in [2.24, 2.45) is 0 Å². The van der Waals surface area contributed by atoms with Crippen molar-refractivity contribution in [3.63, 3.8) is 0 Å². The molecule has 1 aliphatic heterocycles. The number of hydrogen-bond donors (Lipinski definition) is 1. The molecule has 1 aliphatic rings. The molecule has 0 aliphatic carbocycles. The summed E-state index contributed by atoms with van der Waals surface area (Å²) in [6.07, 6.45) is 1.26. The van der Waals surface area contributed by atoms with Crippen LogP contribution < -0.4 is 4.72 Å². The second kappa shape index (κ2) is 9.18. The van der Waals surface area contributed by atoms with Gasteiger partial charge in [-0.3, -0.25) is 9.78 Å². The van der Waals surface area contributed by atoms with Crippen molar-refractivity contribution in [1.29, 1.82) is 0 Å². The van der Waals surface area contributed by atoms with Gasteiger partial charge in [0.15, 0.2) is 0 Å². The van der Waals surface area contributed by atoms with E-state index < -0.39 is 21.9 Å². The molecular weight excluding hydrogens is 429 g/mol. The summed E-state index contributed by atoms with van der Waals surface area (Å²) < 4.78 is 41.3. The summed E-state index contributed by atoms with van der Waals surface area (Å²) in [5.74, 6) is -0.792. The number of carbonyl (C=O) groups is 1. The normalized spacial score (nSPS) is 16.7. The van der Waals surface area contributed by atoms with E-state index >= 15 is 0 Å². The minimum absolute atomic E-state index is 0.127. The number of rotatable bonds is 5. The fourth-order valence-corrected chi connectivity index (χ4v) is 5.20. The zero-order valence-corrected chi connectivity index (χ0v) is 18.5. The number of nitrogens with one attached hydrogen (secondary N) is 1. The van der Waals surface area contributed by atoms with Gasteiger partial charge in [-0.25, -0.2) is 17.5 Å². The summed E-state index contributed by atoms with van der Waals surface area (Å²) in [6.45, 7) is 2.58. The van der Waals surface area contributed by atoms with E-state index in [-0.39, 0.29) is 17.3 Å². The lowest BCUT2D eigenvalue weighted by atomic mass is 10.0. The smallest absolute Gasteiger partial charge is 0.255 e. The number of benzene rings is 2. The van der Waals surface area contributed by atoms with Crippen LogP contribution in [-0.2, 0) is 10.0 Å². The number of aromatic nitrogens is 1. The second-order valence-electron chi connectivity index (χ2n) is 7.86. The zero-order valence-electron chi connectivity index (χ0n) is 17.7. The molecule has 2 aromatic carbocycles. The van der Waals surface area contributed by atoms with Crippen molar-refractivity contribution < 1.29 is 17.6 Å². The highest BCUT2D eigenvalue weighted by molar-refractivity contribution is 7.89. The molecule has 1 atom stereocenters. The Bertz CT molecular complexity index is 1230. The molecule has 6 nitrogen and oxygen atoms in total. The maximum Gasteiger partial charge on any atom is 0.255 e. The van der Waals surface area contributed by atoms with Crippen LogP contribution in [0.5, 0.6) is 0 Å². The molecule has 2 heterocycles. The maximum absolute atomic E-state index is 13.5. The van der Waals surface area contributed by atoms with Crippen LogP contribution in [0.15, 0.2) is 71.6 Å². The van der Waals surface area contributed by atoms with Crippen molar-refractivity contribution >= 4 is 15.9 Å². The quantitative estimate of drug-likeness (QED) is 0.638. The monoisotopic (exact) mass is 453 g/mol. The minimum atomic E-state index is -3.88. The summed E-state index contributed by atoms with van der Waals surface area (Å²) in [7, 11) is -3.88. The van der Waals surface area contributed by atoms with Crippen LogP contribution in [0.4, 0.5) is 4.39 Å². The van der Waals surface area contributed by atoms with Crippen LogP contribution in [0.2, 0.25) is 0 Å². The number of nitrogens with zero attached hydrogens (tertiary/aromatic N) is 2. The number of piperidine rings is 1. The predicted molar refractivity (Wildman–Crippen MR) is 120 cm³/mol. The van der Waals surface area contributed by atoms with Crippen LogP contribution in [-0.4, -0.2) is 43.3 Å². The average Bonchev–Trinajstić information content (AvgIpc) is 2.79. The van der Waals surface area contributed by atoms with Crippen LogP contribution in [0.1, 0.15) is 28.9 Å². The molecule has 1 aromatic heterocycles. The van der Waals surface area contributed by atoms with E-state index in [9.17, 15) is 17.6 Å². The van der Waals surface area contributed by atoms with Crippen LogP contribution in [0, 0.1) is 12.7 Å². The van der Waals surface area contributed by atoms with E-state index in [1.54, 1.807) is 17.9 Å². The van der Waals surface area contributed by atoms with Gasteiger partial charge in [-0.1, -0.05) is 36.4 Å². The Morgan fingerprint density at radius 1 is 1.09 bits per heavy atom. The van der Waals surface area contributed by atoms with Gasteiger partial charge in [0, 0.05) is 24.7 Å². The van der Waals surface area contributed by atoms with E-state index in [0.717, 1.165) is 17.3 Å². The lowest BCUT2D eigenvalue weighted by Gasteiger charge is -2.33. The largest absolute Gasteiger partial charge is 0.337 e. The van der Waals surface area contributed by atoms with Gasteiger partial charge in [-0.2, -0.15) is 0 Å². The molecule has 4 rings (SSSR count). The molecule has 0 saturated carbocycles. The molecule has 8 heteroatoms. The van der Waals surface area contributed by atoms with E-state index in [1.807, 2.05) is 36.4 Å². The van der Waals surface area contributed by atoms with Gasteiger partial charge in [0.2, 0.25) is 10.0 Å². The van der Waals surface area contributed by atoms with E-state index in [2.05, 4.69) is 9.71 Å². The van der Waals surface area contributed by atoms with Gasteiger partial charge in [0.1, 0.15) is 5.82 Å². The molecule has 0 spiro atoms. The van der Waals surface area contributed by atoms with Crippen LogP contribution >= 0.6 is 0 Å². The highest BCUT2D eigenvalue weighted by atomic mass is 32.2. The first-order valence-electron chi connectivity index (χ1n) is 10.4.